The van der Waals surface area contributed by atoms with Crippen LogP contribution in [0.25, 0.3) is 11.3 Å². The number of para-hydroxylation sites is 1. The van der Waals surface area contributed by atoms with E-state index in [1.807, 2.05) is 24.3 Å². The van der Waals surface area contributed by atoms with Crippen LogP contribution in [0.2, 0.25) is 0 Å². The van der Waals surface area contributed by atoms with Gasteiger partial charge in [-0.05, 0) is 25.0 Å². The van der Waals surface area contributed by atoms with E-state index < -0.39 is 0 Å². The normalized spacial score (nSPS) is 10.3. The van der Waals surface area contributed by atoms with Crippen LogP contribution < -0.4 is 10.1 Å². The number of benzene rings is 1. The summed E-state index contributed by atoms with van der Waals surface area (Å²) in [6.07, 6.45) is 5.44. The number of nitrogens with zero attached hydrogens (tertiary/aromatic N) is 2. The number of hydrogen-bond donors (Lipinski definition) is 1. The third-order valence-electron chi connectivity index (χ3n) is 2.84. The van der Waals surface area contributed by atoms with E-state index in [4.69, 9.17) is 4.74 Å². The Balaban J connectivity index is 2.35. The molecule has 2 rings (SSSR count). The average molecular weight is 271 g/mol. The summed E-state index contributed by atoms with van der Waals surface area (Å²) < 4.78 is 5.80. The van der Waals surface area contributed by atoms with Crippen LogP contribution in [-0.4, -0.2) is 23.1 Å². The lowest BCUT2D eigenvalue weighted by Gasteiger charge is -2.13. The molecule has 0 aliphatic rings. The molecule has 4 heteroatoms. The first-order chi connectivity index (χ1) is 9.86. The van der Waals surface area contributed by atoms with Crippen LogP contribution in [-0.2, 0) is 0 Å². The van der Waals surface area contributed by atoms with Gasteiger partial charge in [-0.2, -0.15) is 0 Å². The fourth-order valence-electron chi connectivity index (χ4n) is 1.91. The van der Waals surface area contributed by atoms with E-state index in [2.05, 4.69) is 29.1 Å². The van der Waals surface area contributed by atoms with Crippen LogP contribution in [0.3, 0.4) is 0 Å². The first kappa shape index (κ1) is 14.3. The van der Waals surface area contributed by atoms with Gasteiger partial charge in [0.25, 0.3) is 0 Å². The molecule has 1 aromatic heterocycles. The highest BCUT2D eigenvalue weighted by molar-refractivity contribution is 5.76. The lowest BCUT2D eigenvalue weighted by Crippen LogP contribution is -2.05. The minimum atomic E-state index is 0.703. The Bertz CT molecular complexity index is 493. The van der Waals surface area contributed by atoms with Crippen molar-refractivity contribution in [3.05, 3.63) is 36.7 Å². The van der Waals surface area contributed by atoms with Crippen LogP contribution in [0.1, 0.15) is 26.7 Å². The molecule has 0 radical (unpaired) electrons. The van der Waals surface area contributed by atoms with Crippen LogP contribution >= 0.6 is 0 Å². The van der Waals surface area contributed by atoms with Gasteiger partial charge in [-0.3, -0.25) is 4.98 Å². The number of ether oxygens (including phenoxy) is 1. The van der Waals surface area contributed by atoms with Gasteiger partial charge in [-0.25, -0.2) is 4.98 Å². The zero-order chi connectivity index (χ0) is 14.2. The van der Waals surface area contributed by atoms with Gasteiger partial charge in [-0.15, -0.1) is 0 Å². The molecule has 0 aliphatic carbocycles. The van der Waals surface area contributed by atoms with Gasteiger partial charge >= 0.3 is 0 Å². The van der Waals surface area contributed by atoms with E-state index in [0.29, 0.717) is 6.61 Å². The largest absolute Gasteiger partial charge is 0.493 e. The summed E-state index contributed by atoms with van der Waals surface area (Å²) in [7, 11) is 0. The van der Waals surface area contributed by atoms with Crippen molar-refractivity contribution < 1.29 is 4.74 Å². The second-order valence-corrected chi connectivity index (χ2v) is 4.52. The Hall–Kier alpha value is -2.10. The quantitative estimate of drug-likeness (QED) is 0.833. The highest BCUT2D eigenvalue weighted by atomic mass is 16.5. The fourth-order valence-corrected chi connectivity index (χ4v) is 1.91. The van der Waals surface area contributed by atoms with E-state index in [0.717, 1.165) is 42.2 Å². The molecule has 0 amide bonds. The second-order valence-electron chi connectivity index (χ2n) is 4.52. The predicted molar refractivity (Wildman–Crippen MR) is 82.0 cm³/mol. The van der Waals surface area contributed by atoms with Crippen molar-refractivity contribution in [2.45, 2.75) is 26.7 Å². The van der Waals surface area contributed by atoms with Crippen molar-refractivity contribution in [3.63, 3.8) is 0 Å². The van der Waals surface area contributed by atoms with Crippen LogP contribution in [0, 0.1) is 0 Å². The number of aromatic nitrogens is 2. The van der Waals surface area contributed by atoms with Gasteiger partial charge in [0, 0.05) is 24.5 Å². The Morgan fingerprint density at radius 3 is 2.65 bits per heavy atom. The van der Waals surface area contributed by atoms with Crippen molar-refractivity contribution in [1.29, 1.82) is 0 Å². The Morgan fingerprint density at radius 1 is 1.05 bits per heavy atom. The third kappa shape index (κ3) is 3.47. The molecular weight excluding hydrogens is 250 g/mol. The summed E-state index contributed by atoms with van der Waals surface area (Å²) in [4.78, 5) is 8.85. The summed E-state index contributed by atoms with van der Waals surface area (Å²) in [6, 6.07) is 7.96. The summed E-state index contributed by atoms with van der Waals surface area (Å²) in [5.74, 6) is 1.66. The highest BCUT2D eigenvalue weighted by Gasteiger charge is 2.12. The minimum absolute atomic E-state index is 0.703. The molecule has 0 saturated carbocycles. The van der Waals surface area contributed by atoms with Crippen molar-refractivity contribution in [2.24, 2.45) is 0 Å². The first-order valence-corrected chi connectivity index (χ1v) is 7.13. The van der Waals surface area contributed by atoms with E-state index in [9.17, 15) is 0 Å². The van der Waals surface area contributed by atoms with Crippen molar-refractivity contribution >= 4 is 5.82 Å². The van der Waals surface area contributed by atoms with Gasteiger partial charge in [0.05, 0.1) is 6.61 Å². The fraction of sp³-hybridized carbons (Fsp3) is 0.375. The van der Waals surface area contributed by atoms with Crippen LogP contribution in [0.5, 0.6) is 5.75 Å². The number of rotatable bonds is 7. The SMILES string of the molecule is CCCNc1nccnc1-c1ccccc1OCCC. The van der Waals surface area contributed by atoms with Crippen molar-refractivity contribution in [3.8, 4) is 17.0 Å². The number of anilines is 1. The molecule has 1 heterocycles. The van der Waals surface area contributed by atoms with E-state index in [1.54, 1.807) is 12.4 Å². The average Bonchev–Trinajstić information content (AvgIpc) is 2.51. The van der Waals surface area contributed by atoms with Gasteiger partial charge in [0.15, 0.2) is 5.82 Å². The Labute approximate surface area is 120 Å². The minimum Gasteiger partial charge on any atom is -0.493 e. The monoisotopic (exact) mass is 271 g/mol. The Morgan fingerprint density at radius 2 is 1.85 bits per heavy atom. The molecular formula is C16H21N3O. The molecule has 0 spiro atoms. The maximum Gasteiger partial charge on any atom is 0.152 e. The molecule has 0 unspecified atom stereocenters. The smallest absolute Gasteiger partial charge is 0.152 e. The standard InChI is InChI=1S/C16H21N3O/c1-3-9-18-16-15(17-10-11-19-16)13-7-5-6-8-14(13)20-12-4-2/h5-8,10-11H,3-4,9,12H2,1-2H3,(H,18,19). The Kier molecular flexibility index (Phi) is 5.35. The molecule has 1 N–H and O–H groups in total. The number of nitrogens with one attached hydrogen (secondary N) is 1. The molecule has 0 aliphatic heterocycles. The van der Waals surface area contributed by atoms with Crippen molar-refractivity contribution in [1.82, 2.24) is 9.97 Å². The molecule has 0 atom stereocenters. The van der Waals surface area contributed by atoms with Crippen LogP contribution in [0.15, 0.2) is 36.7 Å². The van der Waals surface area contributed by atoms with Gasteiger partial charge in [0.1, 0.15) is 11.4 Å². The molecule has 0 fully saturated rings. The molecule has 1 aromatic carbocycles. The molecule has 0 bridgehead atoms. The van der Waals surface area contributed by atoms with Gasteiger partial charge in [0.2, 0.25) is 0 Å². The molecule has 2 aromatic rings. The molecule has 0 saturated heterocycles. The van der Waals surface area contributed by atoms with E-state index in [1.165, 1.54) is 0 Å². The highest BCUT2D eigenvalue weighted by Crippen LogP contribution is 2.32. The molecule has 20 heavy (non-hydrogen) atoms. The lowest BCUT2D eigenvalue weighted by atomic mass is 10.1. The zero-order valence-corrected chi connectivity index (χ0v) is 12.1. The maximum absolute atomic E-state index is 5.80. The maximum atomic E-state index is 5.80. The zero-order valence-electron chi connectivity index (χ0n) is 12.1. The topological polar surface area (TPSA) is 47.0 Å². The summed E-state index contributed by atoms with van der Waals surface area (Å²) in [5, 5.41) is 3.32. The molecule has 106 valence electrons. The van der Waals surface area contributed by atoms with E-state index in [-0.39, 0.29) is 0 Å². The molecule has 4 nitrogen and oxygen atoms in total. The third-order valence-corrected chi connectivity index (χ3v) is 2.84. The first-order valence-electron chi connectivity index (χ1n) is 7.13. The summed E-state index contributed by atoms with van der Waals surface area (Å²) >= 11 is 0. The number of hydrogen-bond acceptors (Lipinski definition) is 4. The lowest BCUT2D eigenvalue weighted by molar-refractivity contribution is 0.318. The summed E-state index contributed by atoms with van der Waals surface area (Å²) in [6.45, 7) is 5.80. The summed E-state index contributed by atoms with van der Waals surface area (Å²) in [5.41, 5.74) is 1.82. The predicted octanol–water partition coefficient (Wildman–Crippen LogP) is 3.75. The van der Waals surface area contributed by atoms with Gasteiger partial charge < -0.3 is 10.1 Å². The van der Waals surface area contributed by atoms with Crippen molar-refractivity contribution in [2.75, 3.05) is 18.5 Å². The van der Waals surface area contributed by atoms with Gasteiger partial charge in [-0.1, -0.05) is 26.0 Å². The van der Waals surface area contributed by atoms with Crippen LogP contribution in [0.4, 0.5) is 5.82 Å². The van der Waals surface area contributed by atoms with E-state index >= 15 is 0 Å². The second kappa shape index (κ2) is 7.48.